The monoisotopic (exact) mass is 239 g/mol. The predicted octanol–water partition coefficient (Wildman–Crippen LogP) is 1.43. The molecule has 0 aliphatic rings. The summed E-state index contributed by atoms with van der Waals surface area (Å²) in [5.74, 6) is -6.15. The number of hydrogen-bond acceptors (Lipinski definition) is 2. The molecule has 0 amide bonds. The molecule has 4 nitrogen and oxygen atoms in total. The van der Waals surface area contributed by atoms with Crippen LogP contribution in [0.2, 0.25) is 0 Å². The third-order valence-electron chi connectivity index (χ3n) is 1.77. The van der Waals surface area contributed by atoms with Crippen molar-refractivity contribution in [1.29, 1.82) is 0 Å². The second kappa shape index (κ2) is 3.95. The van der Waals surface area contributed by atoms with Crippen LogP contribution < -0.4 is 5.56 Å². The van der Waals surface area contributed by atoms with E-state index in [4.69, 9.17) is 5.11 Å². The number of hydrogen-bond donors (Lipinski definition) is 2. The van der Waals surface area contributed by atoms with Crippen molar-refractivity contribution in [1.82, 2.24) is 4.98 Å². The number of H-pyrrole nitrogens is 1. The largest absolute Gasteiger partial charge is 0.477 e. The van der Waals surface area contributed by atoms with Gasteiger partial charge in [0.1, 0.15) is 5.56 Å². The number of rotatable bonds is 3. The zero-order valence-corrected chi connectivity index (χ0v) is 7.51. The molecule has 0 atom stereocenters. The molecule has 0 spiro atoms. The van der Waals surface area contributed by atoms with Gasteiger partial charge in [0.15, 0.2) is 0 Å². The van der Waals surface area contributed by atoms with Gasteiger partial charge < -0.3 is 10.1 Å². The first-order chi connectivity index (χ1) is 7.26. The maximum absolute atomic E-state index is 12.7. The van der Waals surface area contributed by atoms with Crippen LogP contribution in [0, 0.1) is 0 Å². The highest BCUT2D eigenvalue weighted by Crippen LogP contribution is 2.32. The van der Waals surface area contributed by atoms with Crippen LogP contribution in [0.3, 0.4) is 0 Å². The smallest absolute Gasteiger partial charge is 0.346 e. The van der Waals surface area contributed by atoms with E-state index >= 15 is 0 Å². The molecule has 1 rings (SSSR count). The molecule has 2 N–H and O–H groups in total. The number of carboxylic acid groups (broad SMARTS) is 1. The maximum atomic E-state index is 12.7. The number of carboxylic acids is 1. The van der Waals surface area contributed by atoms with Crippen molar-refractivity contribution < 1.29 is 27.5 Å². The molecule has 0 aliphatic carbocycles. The van der Waals surface area contributed by atoms with Gasteiger partial charge in [-0.2, -0.15) is 8.78 Å². The Hall–Kier alpha value is -1.86. The molecule has 1 aromatic rings. The van der Waals surface area contributed by atoms with Crippen LogP contribution in [-0.2, 0) is 5.92 Å². The number of aromatic nitrogens is 1. The molecule has 0 saturated heterocycles. The van der Waals surface area contributed by atoms with Crippen molar-refractivity contribution in [2.45, 2.75) is 12.3 Å². The van der Waals surface area contributed by atoms with Crippen molar-refractivity contribution in [2.75, 3.05) is 0 Å². The summed E-state index contributed by atoms with van der Waals surface area (Å²) in [5.41, 5.74) is -3.48. The van der Waals surface area contributed by atoms with Gasteiger partial charge in [-0.15, -0.1) is 0 Å². The zero-order valence-electron chi connectivity index (χ0n) is 7.51. The molecular formula is C8H5F4NO3. The Bertz CT molecular complexity index is 469. The Morgan fingerprint density at radius 1 is 1.38 bits per heavy atom. The van der Waals surface area contributed by atoms with E-state index in [0.717, 1.165) is 0 Å². The molecule has 0 aliphatic heterocycles. The van der Waals surface area contributed by atoms with Gasteiger partial charge in [-0.05, 0) is 12.1 Å². The van der Waals surface area contributed by atoms with Gasteiger partial charge in [0, 0.05) is 0 Å². The number of nitrogens with one attached hydrogen (secondary N) is 1. The van der Waals surface area contributed by atoms with E-state index in [2.05, 4.69) is 0 Å². The first-order valence-corrected chi connectivity index (χ1v) is 3.90. The lowest BCUT2D eigenvalue weighted by atomic mass is 10.2. The van der Waals surface area contributed by atoms with E-state index in [1.54, 1.807) is 0 Å². The molecule has 0 bridgehead atoms. The van der Waals surface area contributed by atoms with Crippen LogP contribution in [0.5, 0.6) is 0 Å². The van der Waals surface area contributed by atoms with Crippen LogP contribution in [0.1, 0.15) is 16.1 Å². The van der Waals surface area contributed by atoms with Gasteiger partial charge in [-0.25, -0.2) is 13.6 Å². The lowest BCUT2D eigenvalue weighted by molar-refractivity contribution is -0.138. The summed E-state index contributed by atoms with van der Waals surface area (Å²) in [6.45, 7) is 0. The number of aromatic amines is 1. The molecule has 0 aromatic carbocycles. The summed E-state index contributed by atoms with van der Waals surface area (Å²) in [6.07, 6.45) is -3.99. The third kappa shape index (κ3) is 2.05. The molecule has 1 aromatic heterocycles. The highest BCUT2D eigenvalue weighted by atomic mass is 19.3. The van der Waals surface area contributed by atoms with Gasteiger partial charge in [-0.1, -0.05) is 0 Å². The minimum Gasteiger partial charge on any atom is -0.477 e. The van der Waals surface area contributed by atoms with E-state index in [0.29, 0.717) is 12.1 Å². The van der Waals surface area contributed by atoms with E-state index < -0.39 is 35.1 Å². The molecule has 0 radical (unpaired) electrons. The summed E-state index contributed by atoms with van der Waals surface area (Å²) in [4.78, 5) is 22.7. The highest BCUT2D eigenvalue weighted by Gasteiger charge is 2.43. The lowest BCUT2D eigenvalue weighted by Gasteiger charge is -2.14. The minimum absolute atomic E-state index is 0.441. The standard InChI is InChI=1S/C8H5F4NO3/c9-7(10)8(11,12)4-2-1-3(6(15)16)5(14)13-4/h1-2,7H,(H,13,14)(H,15,16). The lowest BCUT2D eigenvalue weighted by Crippen LogP contribution is -2.29. The van der Waals surface area contributed by atoms with Crippen LogP contribution in [-0.4, -0.2) is 22.5 Å². The predicted molar refractivity (Wildman–Crippen MR) is 43.9 cm³/mol. The van der Waals surface area contributed by atoms with Gasteiger partial charge in [0.2, 0.25) is 0 Å². The summed E-state index contributed by atoms with van der Waals surface area (Å²) in [5, 5.41) is 8.41. The van der Waals surface area contributed by atoms with Crippen LogP contribution in [0.15, 0.2) is 16.9 Å². The fourth-order valence-electron chi connectivity index (χ4n) is 0.954. The summed E-state index contributed by atoms with van der Waals surface area (Å²) in [6, 6.07) is 0.990. The molecule has 0 unspecified atom stereocenters. The number of pyridine rings is 1. The Morgan fingerprint density at radius 2 is 1.94 bits per heavy atom. The summed E-state index contributed by atoms with van der Waals surface area (Å²) < 4.78 is 49.2. The van der Waals surface area contributed by atoms with E-state index in [-0.39, 0.29) is 0 Å². The van der Waals surface area contributed by atoms with Crippen LogP contribution >= 0.6 is 0 Å². The number of halogens is 4. The Morgan fingerprint density at radius 3 is 2.31 bits per heavy atom. The normalized spacial score (nSPS) is 11.8. The fraction of sp³-hybridized carbons (Fsp3) is 0.250. The summed E-state index contributed by atoms with van der Waals surface area (Å²) >= 11 is 0. The third-order valence-corrected chi connectivity index (χ3v) is 1.77. The van der Waals surface area contributed by atoms with Crippen molar-refractivity contribution in [3.8, 4) is 0 Å². The Kier molecular flexibility index (Phi) is 3.02. The molecule has 0 fully saturated rings. The molecular weight excluding hydrogens is 234 g/mol. The van der Waals surface area contributed by atoms with E-state index in [1.807, 2.05) is 0 Å². The average Bonchev–Trinajstić information content (AvgIpc) is 2.16. The molecule has 0 saturated carbocycles. The molecule has 16 heavy (non-hydrogen) atoms. The average molecular weight is 239 g/mol. The molecule has 8 heteroatoms. The van der Waals surface area contributed by atoms with Crippen LogP contribution in [0.25, 0.3) is 0 Å². The van der Waals surface area contributed by atoms with Gasteiger partial charge >= 0.3 is 18.3 Å². The first kappa shape index (κ1) is 12.2. The van der Waals surface area contributed by atoms with Crippen LogP contribution in [0.4, 0.5) is 17.6 Å². The number of carbonyl (C=O) groups is 1. The second-order valence-corrected chi connectivity index (χ2v) is 2.84. The number of aromatic carboxylic acids is 1. The topological polar surface area (TPSA) is 70.2 Å². The van der Waals surface area contributed by atoms with Gasteiger partial charge in [0.25, 0.3) is 5.56 Å². The minimum atomic E-state index is -4.52. The van der Waals surface area contributed by atoms with E-state index in [1.165, 1.54) is 4.98 Å². The quantitative estimate of drug-likeness (QED) is 0.784. The van der Waals surface area contributed by atoms with E-state index in [9.17, 15) is 27.2 Å². The Balaban J connectivity index is 3.26. The van der Waals surface area contributed by atoms with Gasteiger partial charge in [0.05, 0.1) is 5.69 Å². The molecule has 1 heterocycles. The van der Waals surface area contributed by atoms with Crippen molar-refractivity contribution in [3.05, 3.63) is 33.7 Å². The van der Waals surface area contributed by atoms with Gasteiger partial charge in [-0.3, -0.25) is 4.79 Å². The highest BCUT2D eigenvalue weighted by molar-refractivity contribution is 5.87. The number of alkyl halides is 4. The SMILES string of the molecule is O=C(O)c1ccc(C(F)(F)C(F)F)[nH]c1=O. The first-order valence-electron chi connectivity index (χ1n) is 3.90. The molecule has 88 valence electrons. The van der Waals surface area contributed by atoms with Crippen molar-refractivity contribution in [3.63, 3.8) is 0 Å². The second-order valence-electron chi connectivity index (χ2n) is 2.84. The summed E-state index contributed by atoms with van der Waals surface area (Å²) in [7, 11) is 0. The van der Waals surface area contributed by atoms with Crippen molar-refractivity contribution in [2.24, 2.45) is 0 Å². The maximum Gasteiger partial charge on any atom is 0.346 e. The zero-order chi connectivity index (χ0) is 12.5. The Labute approximate surface area is 85.5 Å². The fourth-order valence-corrected chi connectivity index (χ4v) is 0.954. The van der Waals surface area contributed by atoms with Crippen molar-refractivity contribution >= 4 is 5.97 Å².